The predicted molar refractivity (Wildman–Crippen MR) is 48.8 cm³/mol. The van der Waals surface area contributed by atoms with Crippen LogP contribution in [-0.2, 0) is 4.79 Å². The largest absolute Gasteiger partial charge is 0.352 e. The molecular formula is C9H16N2O. The molecule has 1 amide bonds. The number of hydrogen-bond donors (Lipinski definition) is 2. The molecule has 1 fully saturated rings. The molecule has 68 valence electrons. The fourth-order valence-corrected chi connectivity index (χ4v) is 1.24. The van der Waals surface area contributed by atoms with Gasteiger partial charge in [-0.15, -0.1) is 6.58 Å². The Morgan fingerprint density at radius 2 is 2.67 bits per heavy atom. The first-order valence-electron chi connectivity index (χ1n) is 4.37. The second-order valence-electron chi connectivity index (χ2n) is 3.24. The molecule has 2 N–H and O–H groups in total. The summed E-state index contributed by atoms with van der Waals surface area (Å²) in [4.78, 5) is 10.8. The summed E-state index contributed by atoms with van der Waals surface area (Å²) < 4.78 is 0. The minimum Gasteiger partial charge on any atom is -0.352 e. The van der Waals surface area contributed by atoms with Crippen LogP contribution in [0.5, 0.6) is 0 Å². The van der Waals surface area contributed by atoms with E-state index in [-0.39, 0.29) is 5.91 Å². The number of nitrogens with one attached hydrogen (secondary N) is 2. The molecule has 2 atom stereocenters. The Hall–Kier alpha value is -0.830. The molecule has 1 aliphatic rings. The summed E-state index contributed by atoms with van der Waals surface area (Å²) in [5.41, 5.74) is 0. The van der Waals surface area contributed by atoms with Gasteiger partial charge in [-0.25, -0.2) is 0 Å². The quantitative estimate of drug-likeness (QED) is 0.598. The van der Waals surface area contributed by atoms with Crippen LogP contribution in [0.3, 0.4) is 0 Å². The molecule has 0 bridgehead atoms. The summed E-state index contributed by atoms with van der Waals surface area (Å²) in [7, 11) is 0. The molecule has 0 aromatic carbocycles. The lowest BCUT2D eigenvalue weighted by Gasteiger charge is -2.13. The molecule has 12 heavy (non-hydrogen) atoms. The Morgan fingerprint density at radius 1 is 1.92 bits per heavy atom. The lowest BCUT2D eigenvalue weighted by molar-refractivity contribution is -0.119. The van der Waals surface area contributed by atoms with Crippen molar-refractivity contribution in [1.29, 1.82) is 0 Å². The third-order valence-corrected chi connectivity index (χ3v) is 2.12. The van der Waals surface area contributed by atoms with Crippen LogP contribution in [-0.4, -0.2) is 24.5 Å². The van der Waals surface area contributed by atoms with Crippen molar-refractivity contribution in [2.24, 2.45) is 0 Å². The summed E-state index contributed by atoms with van der Waals surface area (Å²) in [6.45, 7) is 6.56. The van der Waals surface area contributed by atoms with Crippen molar-refractivity contribution in [2.45, 2.75) is 31.8 Å². The fraction of sp³-hybridized carbons (Fsp3) is 0.667. The molecule has 3 heteroatoms. The van der Waals surface area contributed by atoms with E-state index in [4.69, 9.17) is 0 Å². The maximum Gasteiger partial charge on any atom is 0.220 e. The first kappa shape index (κ1) is 9.26. The minimum absolute atomic E-state index is 0.174. The van der Waals surface area contributed by atoms with Crippen LogP contribution < -0.4 is 10.6 Å². The van der Waals surface area contributed by atoms with Crippen molar-refractivity contribution in [3.05, 3.63) is 12.7 Å². The highest BCUT2D eigenvalue weighted by atomic mass is 16.1. The predicted octanol–water partition coefficient (Wildman–Crippen LogP) is 0.429. The zero-order chi connectivity index (χ0) is 8.97. The van der Waals surface area contributed by atoms with Gasteiger partial charge in [0.05, 0.1) is 0 Å². The summed E-state index contributed by atoms with van der Waals surface area (Å²) >= 11 is 0. The molecule has 1 heterocycles. The zero-order valence-corrected chi connectivity index (χ0v) is 7.47. The van der Waals surface area contributed by atoms with E-state index < -0.39 is 0 Å². The fourth-order valence-electron chi connectivity index (χ4n) is 1.24. The van der Waals surface area contributed by atoms with Crippen LogP contribution >= 0.6 is 0 Å². The van der Waals surface area contributed by atoms with Gasteiger partial charge in [-0.05, 0) is 13.3 Å². The monoisotopic (exact) mass is 168 g/mol. The van der Waals surface area contributed by atoms with Gasteiger partial charge in [-0.1, -0.05) is 6.08 Å². The van der Waals surface area contributed by atoms with Crippen LogP contribution in [0.15, 0.2) is 12.7 Å². The van der Waals surface area contributed by atoms with Crippen molar-refractivity contribution in [2.75, 3.05) is 6.54 Å². The SMILES string of the molecule is C=CC(C)NCC1CCC(=O)N1. The Bertz CT molecular complexity index is 179. The van der Waals surface area contributed by atoms with E-state index in [9.17, 15) is 4.79 Å². The van der Waals surface area contributed by atoms with Gasteiger partial charge in [-0.3, -0.25) is 4.79 Å². The highest BCUT2D eigenvalue weighted by molar-refractivity contribution is 5.78. The van der Waals surface area contributed by atoms with Crippen LogP contribution in [0.25, 0.3) is 0 Å². The van der Waals surface area contributed by atoms with E-state index in [1.165, 1.54) is 0 Å². The van der Waals surface area contributed by atoms with Gasteiger partial charge < -0.3 is 10.6 Å². The minimum atomic E-state index is 0.174. The second-order valence-corrected chi connectivity index (χ2v) is 3.24. The Balaban J connectivity index is 2.15. The van der Waals surface area contributed by atoms with E-state index in [0.717, 1.165) is 13.0 Å². The van der Waals surface area contributed by atoms with Gasteiger partial charge in [0.15, 0.2) is 0 Å². The van der Waals surface area contributed by atoms with E-state index in [1.807, 2.05) is 13.0 Å². The number of carbonyl (C=O) groups is 1. The summed E-state index contributed by atoms with van der Waals surface area (Å²) in [6, 6.07) is 0.641. The Kier molecular flexibility index (Phi) is 3.29. The van der Waals surface area contributed by atoms with Crippen molar-refractivity contribution < 1.29 is 4.79 Å². The summed E-state index contributed by atoms with van der Waals surface area (Å²) in [5, 5.41) is 6.16. The first-order chi connectivity index (χ1) is 5.72. The van der Waals surface area contributed by atoms with Gasteiger partial charge in [0.2, 0.25) is 5.91 Å². The highest BCUT2D eigenvalue weighted by Crippen LogP contribution is 2.05. The average Bonchev–Trinajstić information content (AvgIpc) is 2.47. The van der Waals surface area contributed by atoms with Gasteiger partial charge >= 0.3 is 0 Å². The number of hydrogen-bond acceptors (Lipinski definition) is 2. The molecule has 0 radical (unpaired) electrons. The summed E-state index contributed by atoms with van der Waals surface area (Å²) in [5.74, 6) is 0.174. The number of rotatable bonds is 4. The molecule has 1 saturated heterocycles. The lowest BCUT2D eigenvalue weighted by Crippen LogP contribution is -2.38. The van der Waals surface area contributed by atoms with Crippen molar-refractivity contribution in [1.82, 2.24) is 10.6 Å². The van der Waals surface area contributed by atoms with Gasteiger partial charge in [0, 0.05) is 25.0 Å². The molecule has 0 spiro atoms. The molecule has 1 rings (SSSR count). The van der Waals surface area contributed by atoms with Crippen LogP contribution in [0.2, 0.25) is 0 Å². The van der Waals surface area contributed by atoms with Crippen molar-refractivity contribution in [3.63, 3.8) is 0 Å². The van der Waals surface area contributed by atoms with Crippen LogP contribution in [0, 0.1) is 0 Å². The van der Waals surface area contributed by atoms with Crippen LogP contribution in [0.1, 0.15) is 19.8 Å². The van der Waals surface area contributed by atoms with E-state index in [2.05, 4.69) is 17.2 Å². The highest BCUT2D eigenvalue weighted by Gasteiger charge is 2.19. The normalized spacial score (nSPS) is 25.1. The van der Waals surface area contributed by atoms with Gasteiger partial charge in [0.25, 0.3) is 0 Å². The van der Waals surface area contributed by atoms with Gasteiger partial charge in [-0.2, -0.15) is 0 Å². The van der Waals surface area contributed by atoms with Gasteiger partial charge in [0.1, 0.15) is 0 Å². The molecular weight excluding hydrogens is 152 g/mol. The molecule has 0 saturated carbocycles. The zero-order valence-electron chi connectivity index (χ0n) is 7.47. The molecule has 1 aliphatic heterocycles. The van der Waals surface area contributed by atoms with Crippen LogP contribution in [0.4, 0.5) is 0 Å². The van der Waals surface area contributed by atoms with E-state index in [1.54, 1.807) is 0 Å². The van der Waals surface area contributed by atoms with E-state index >= 15 is 0 Å². The number of carbonyl (C=O) groups excluding carboxylic acids is 1. The summed E-state index contributed by atoms with van der Waals surface area (Å²) in [6.07, 6.45) is 3.49. The Morgan fingerprint density at radius 3 is 3.17 bits per heavy atom. The smallest absolute Gasteiger partial charge is 0.220 e. The molecule has 0 aromatic heterocycles. The molecule has 0 aliphatic carbocycles. The standard InChI is InChI=1S/C9H16N2O/c1-3-7(2)10-6-8-4-5-9(12)11-8/h3,7-8,10H,1,4-6H2,2H3,(H,11,12). The third kappa shape index (κ3) is 2.66. The molecule has 2 unspecified atom stereocenters. The maximum atomic E-state index is 10.8. The van der Waals surface area contributed by atoms with Crippen molar-refractivity contribution in [3.8, 4) is 0 Å². The lowest BCUT2D eigenvalue weighted by atomic mass is 10.2. The van der Waals surface area contributed by atoms with Crippen molar-refractivity contribution >= 4 is 5.91 Å². The second kappa shape index (κ2) is 4.26. The third-order valence-electron chi connectivity index (χ3n) is 2.12. The first-order valence-corrected chi connectivity index (χ1v) is 4.37. The van der Waals surface area contributed by atoms with E-state index in [0.29, 0.717) is 18.5 Å². The molecule has 3 nitrogen and oxygen atoms in total. The topological polar surface area (TPSA) is 41.1 Å². The average molecular weight is 168 g/mol. The number of amides is 1. The maximum absolute atomic E-state index is 10.8. The molecule has 0 aromatic rings. The Labute approximate surface area is 73.2 Å².